The number of nitrogens with zero attached hydrogens (tertiary/aromatic N) is 1. The average molecular weight is 285 g/mol. The number of aromatic nitrogens is 1. The van der Waals surface area contributed by atoms with Gasteiger partial charge in [0.15, 0.2) is 0 Å². The van der Waals surface area contributed by atoms with Gasteiger partial charge in [-0.15, -0.1) is 0 Å². The summed E-state index contributed by atoms with van der Waals surface area (Å²) in [7, 11) is 0. The van der Waals surface area contributed by atoms with E-state index in [2.05, 4.69) is 10.3 Å². The third-order valence-electron chi connectivity index (χ3n) is 2.95. The number of phenolic OH excluding ortho intramolecular Hbond substituents is 1. The van der Waals surface area contributed by atoms with Crippen LogP contribution in [0.15, 0.2) is 48.8 Å². The maximum atomic E-state index is 12.0. The Labute approximate surface area is 121 Å². The fourth-order valence-corrected chi connectivity index (χ4v) is 1.83. The molecule has 1 atom stereocenters. The second kappa shape index (κ2) is 6.51. The highest BCUT2D eigenvalue weighted by Crippen LogP contribution is 2.11. The van der Waals surface area contributed by atoms with Gasteiger partial charge in [-0.2, -0.15) is 0 Å². The van der Waals surface area contributed by atoms with E-state index >= 15 is 0 Å². The molecule has 1 aromatic carbocycles. The molecule has 1 unspecified atom stereocenters. The Morgan fingerprint density at radius 1 is 1.24 bits per heavy atom. The number of benzene rings is 1. The fourth-order valence-electron chi connectivity index (χ4n) is 1.83. The number of rotatable bonds is 5. The Kier molecular flexibility index (Phi) is 4.50. The van der Waals surface area contributed by atoms with E-state index in [1.807, 2.05) is 0 Å². The van der Waals surface area contributed by atoms with Crippen molar-refractivity contribution in [3.63, 3.8) is 0 Å². The Bertz CT molecular complexity index is 626. The number of amides is 2. The maximum Gasteiger partial charge on any atom is 0.253 e. The Morgan fingerprint density at radius 2 is 1.95 bits per heavy atom. The highest BCUT2D eigenvalue weighted by molar-refractivity contribution is 5.97. The van der Waals surface area contributed by atoms with Crippen LogP contribution >= 0.6 is 0 Å². The van der Waals surface area contributed by atoms with Crippen molar-refractivity contribution >= 4 is 11.8 Å². The molecular weight excluding hydrogens is 270 g/mol. The molecule has 0 saturated carbocycles. The number of hydrogen-bond donors (Lipinski definition) is 3. The van der Waals surface area contributed by atoms with Gasteiger partial charge in [0.25, 0.3) is 5.91 Å². The molecule has 0 radical (unpaired) electrons. The lowest BCUT2D eigenvalue weighted by atomic mass is 10.0. The van der Waals surface area contributed by atoms with Crippen LogP contribution in [-0.2, 0) is 11.2 Å². The number of hydrogen-bond acceptors (Lipinski definition) is 4. The van der Waals surface area contributed by atoms with E-state index in [1.165, 1.54) is 18.3 Å². The van der Waals surface area contributed by atoms with Crippen LogP contribution in [0.25, 0.3) is 0 Å². The number of pyridine rings is 1. The van der Waals surface area contributed by atoms with Crippen molar-refractivity contribution in [2.24, 2.45) is 5.73 Å². The van der Waals surface area contributed by atoms with Crippen molar-refractivity contribution in [3.05, 3.63) is 59.9 Å². The molecule has 21 heavy (non-hydrogen) atoms. The molecule has 2 aromatic rings. The molecule has 6 nitrogen and oxygen atoms in total. The first kappa shape index (κ1) is 14.5. The van der Waals surface area contributed by atoms with E-state index < -0.39 is 17.9 Å². The summed E-state index contributed by atoms with van der Waals surface area (Å²) < 4.78 is 0. The van der Waals surface area contributed by atoms with Crippen molar-refractivity contribution in [1.82, 2.24) is 10.3 Å². The predicted octanol–water partition coefficient (Wildman–Crippen LogP) is 0.614. The maximum absolute atomic E-state index is 12.0. The molecule has 0 aliphatic heterocycles. The second-order valence-corrected chi connectivity index (χ2v) is 4.54. The van der Waals surface area contributed by atoms with Crippen molar-refractivity contribution in [2.75, 3.05) is 0 Å². The van der Waals surface area contributed by atoms with Gasteiger partial charge in [0, 0.05) is 18.8 Å². The molecule has 6 heteroatoms. The zero-order chi connectivity index (χ0) is 15.2. The highest BCUT2D eigenvalue weighted by atomic mass is 16.3. The SMILES string of the molecule is NC(=O)C(Cc1ccc(O)cc1)NC(=O)c1cccnc1. The Hall–Kier alpha value is -2.89. The van der Waals surface area contributed by atoms with Gasteiger partial charge in [-0.3, -0.25) is 14.6 Å². The smallest absolute Gasteiger partial charge is 0.253 e. The van der Waals surface area contributed by atoms with Gasteiger partial charge < -0.3 is 16.2 Å². The number of phenols is 1. The topological polar surface area (TPSA) is 105 Å². The number of carbonyl (C=O) groups excluding carboxylic acids is 2. The highest BCUT2D eigenvalue weighted by Gasteiger charge is 2.19. The van der Waals surface area contributed by atoms with Crippen LogP contribution in [0.3, 0.4) is 0 Å². The largest absolute Gasteiger partial charge is 0.508 e. The second-order valence-electron chi connectivity index (χ2n) is 4.54. The van der Waals surface area contributed by atoms with Gasteiger partial charge in [0.1, 0.15) is 11.8 Å². The minimum Gasteiger partial charge on any atom is -0.508 e. The van der Waals surface area contributed by atoms with Crippen molar-refractivity contribution < 1.29 is 14.7 Å². The lowest BCUT2D eigenvalue weighted by Gasteiger charge is -2.15. The number of aromatic hydroxyl groups is 1. The van der Waals surface area contributed by atoms with E-state index in [0.717, 1.165) is 5.56 Å². The minimum atomic E-state index is -0.831. The first-order valence-corrected chi connectivity index (χ1v) is 6.34. The van der Waals surface area contributed by atoms with Crippen molar-refractivity contribution in [2.45, 2.75) is 12.5 Å². The van der Waals surface area contributed by atoms with Crippen LogP contribution in [0.4, 0.5) is 0 Å². The lowest BCUT2D eigenvalue weighted by Crippen LogP contribution is -2.45. The number of nitrogens with one attached hydrogen (secondary N) is 1. The lowest BCUT2D eigenvalue weighted by molar-refractivity contribution is -0.119. The van der Waals surface area contributed by atoms with E-state index in [-0.39, 0.29) is 12.2 Å². The van der Waals surface area contributed by atoms with Gasteiger partial charge in [-0.05, 0) is 29.8 Å². The quantitative estimate of drug-likeness (QED) is 0.748. The van der Waals surface area contributed by atoms with Gasteiger partial charge in [-0.25, -0.2) is 0 Å². The van der Waals surface area contributed by atoms with Crippen molar-refractivity contribution in [3.8, 4) is 5.75 Å². The van der Waals surface area contributed by atoms with Gasteiger partial charge in [0.05, 0.1) is 5.56 Å². The van der Waals surface area contributed by atoms with Gasteiger partial charge in [-0.1, -0.05) is 12.1 Å². The van der Waals surface area contributed by atoms with Crippen LogP contribution in [0.2, 0.25) is 0 Å². The minimum absolute atomic E-state index is 0.133. The summed E-state index contributed by atoms with van der Waals surface area (Å²) in [6, 6.07) is 8.76. The molecule has 0 fully saturated rings. The summed E-state index contributed by atoms with van der Waals surface area (Å²) in [4.78, 5) is 27.3. The van der Waals surface area contributed by atoms with Crippen LogP contribution in [-0.4, -0.2) is 27.9 Å². The van der Waals surface area contributed by atoms with Crippen molar-refractivity contribution in [1.29, 1.82) is 0 Å². The van der Waals surface area contributed by atoms with Crippen LogP contribution < -0.4 is 11.1 Å². The molecule has 1 aromatic heterocycles. The monoisotopic (exact) mass is 285 g/mol. The van der Waals surface area contributed by atoms with Crippen LogP contribution in [0.1, 0.15) is 15.9 Å². The molecule has 108 valence electrons. The summed E-state index contributed by atoms with van der Waals surface area (Å²) >= 11 is 0. The van der Waals surface area contributed by atoms with E-state index in [9.17, 15) is 14.7 Å². The molecule has 0 aliphatic carbocycles. The molecule has 0 bridgehead atoms. The number of nitrogens with two attached hydrogens (primary N) is 1. The standard InChI is InChI=1S/C15H15N3O3/c16-14(20)13(8-10-3-5-12(19)6-4-10)18-15(21)11-2-1-7-17-9-11/h1-7,9,13,19H,8H2,(H2,16,20)(H,18,21). The molecule has 4 N–H and O–H groups in total. The van der Waals surface area contributed by atoms with Gasteiger partial charge in [0.2, 0.25) is 5.91 Å². The summed E-state index contributed by atoms with van der Waals surface area (Å²) in [5.74, 6) is -0.903. The summed E-state index contributed by atoms with van der Waals surface area (Å²) in [6.45, 7) is 0. The zero-order valence-electron chi connectivity index (χ0n) is 11.2. The van der Waals surface area contributed by atoms with Gasteiger partial charge >= 0.3 is 0 Å². The summed E-state index contributed by atoms with van der Waals surface area (Å²) in [6.07, 6.45) is 3.22. The normalized spacial score (nSPS) is 11.6. The van der Waals surface area contributed by atoms with Crippen LogP contribution in [0.5, 0.6) is 5.75 Å². The van der Waals surface area contributed by atoms with E-state index in [4.69, 9.17) is 5.73 Å². The number of carbonyl (C=O) groups is 2. The molecule has 0 spiro atoms. The molecule has 2 rings (SSSR count). The Morgan fingerprint density at radius 3 is 2.52 bits per heavy atom. The van der Waals surface area contributed by atoms with Crippen LogP contribution in [0, 0.1) is 0 Å². The average Bonchev–Trinajstić information content (AvgIpc) is 2.49. The summed E-state index contributed by atoms with van der Waals surface area (Å²) in [5.41, 5.74) is 6.46. The molecule has 0 aliphatic rings. The Balaban J connectivity index is 2.07. The fraction of sp³-hybridized carbons (Fsp3) is 0.133. The van der Waals surface area contributed by atoms with E-state index in [0.29, 0.717) is 5.56 Å². The summed E-state index contributed by atoms with van der Waals surface area (Å²) in [5, 5.41) is 11.8. The molecule has 2 amide bonds. The molecular formula is C15H15N3O3. The number of primary amides is 1. The third kappa shape index (κ3) is 4.04. The molecule has 0 saturated heterocycles. The zero-order valence-corrected chi connectivity index (χ0v) is 11.2. The first-order chi connectivity index (χ1) is 10.1. The predicted molar refractivity (Wildman–Crippen MR) is 76.5 cm³/mol. The third-order valence-corrected chi connectivity index (χ3v) is 2.95. The molecule has 1 heterocycles. The van der Waals surface area contributed by atoms with E-state index in [1.54, 1.807) is 30.5 Å². The first-order valence-electron chi connectivity index (χ1n) is 6.34.